The molecule has 78 valence electrons. The van der Waals surface area contributed by atoms with E-state index in [0.29, 0.717) is 0 Å². The summed E-state index contributed by atoms with van der Waals surface area (Å²) in [6, 6.07) is 8.62. The van der Waals surface area contributed by atoms with Crippen molar-refractivity contribution in [1.29, 1.82) is 0 Å². The van der Waals surface area contributed by atoms with Crippen molar-refractivity contribution in [2.24, 2.45) is 5.73 Å². The van der Waals surface area contributed by atoms with Gasteiger partial charge in [-0.2, -0.15) is 0 Å². The van der Waals surface area contributed by atoms with E-state index in [4.69, 9.17) is 5.73 Å². The van der Waals surface area contributed by atoms with Crippen LogP contribution in [0.4, 0.5) is 0 Å². The predicted octanol–water partition coefficient (Wildman–Crippen LogP) is 2.51. The van der Waals surface area contributed by atoms with Crippen LogP contribution in [0.25, 0.3) is 10.8 Å². The second-order valence-corrected chi connectivity index (χ2v) is 3.89. The molecule has 0 aliphatic carbocycles. The van der Waals surface area contributed by atoms with E-state index >= 15 is 0 Å². The maximum atomic E-state index is 5.98. The summed E-state index contributed by atoms with van der Waals surface area (Å²) in [6.07, 6.45) is 5.69. The normalized spacial score (nSPS) is 12.9. The number of nitrogens with zero attached hydrogens (tertiary/aromatic N) is 1. The van der Waals surface area contributed by atoms with Gasteiger partial charge in [0, 0.05) is 23.8 Å². The number of pyridine rings is 1. The molecule has 2 heteroatoms. The molecule has 0 saturated heterocycles. The van der Waals surface area contributed by atoms with Crippen LogP contribution in [0.3, 0.4) is 0 Å². The lowest BCUT2D eigenvalue weighted by Gasteiger charge is -2.10. The molecular weight excluding hydrogens is 184 g/mol. The van der Waals surface area contributed by atoms with Gasteiger partial charge < -0.3 is 5.73 Å². The van der Waals surface area contributed by atoms with E-state index < -0.39 is 0 Å². The van der Waals surface area contributed by atoms with Crippen LogP contribution in [0.15, 0.2) is 36.7 Å². The standard InChI is InChI=1S/C13H16N2/c1-2-12(14)8-10-4-3-5-11-9-15-7-6-13(10)11/h3-7,9,12H,2,8,14H2,1H3. The van der Waals surface area contributed by atoms with Crippen molar-refractivity contribution in [3.63, 3.8) is 0 Å². The minimum absolute atomic E-state index is 0.253. The van der Waals surface area contributed by atoms with E-state index in [1.807, 2.05) is 12.4 Å². The Bertz CT molecular complexity index is 446. The van der Waals surface area contributed by atoms with Gasteiger partial charge in [-0.05, 0) is 29.9 Å². The molecule has 0 aliphatic heterocycles. The first-order valence-corrected chi connectivity index (χ1v) is 5.38. The quantitative estimate of drug-likeness (QED) is 0.826. The molecule has 0 aliphatic rings. The minimum atomic E-state index is 0.253. The Morgan fingerprint density at radius 1 is 1.33 bits per heavy atom. The molecule has 1 aromatic carbocycles. The molecule has 2 nitrogen and oxygen atoms in total. The molecular formula is C13H16N2. The fourth-order valence-electron chi connectivity index (χ4n) is 1.79. The van der Waals surface area contributed by atoms with E-state index in [-0.39, 0.29) is 6.04 Å². The minimum Gasteiger partial charge on any atom is -0.327 e. The average Bonchev–Trinajstić information content (AvgIpc) is 2.29. The van der Waals surface area contributed by atoms with Crippen molar-refractivity contribution in [3.05, 3.63) is 42.2 Å². The van der Waals surface area contributed by atoms with E-state index in [9.17, 15) is 0 Å². The maximum Gasteiger partial charge on any atom is 0.0346 e. The van der Waals surface area contributed by atoms with Gasteiger partial charge in [0.1, 0.15) is 0 Å². The molecule has 0 bridgehead atoms. The van der Waals surface area contributed by atoms with E-state index in [1.54, 1.807) is 0 Å². The summed E-state index contributed by atoms with van der Waals surface area (Å²) >= 11 is 0. The Labute approximate surface area is 90.1 Å². The van der Waals surface area contributed by atoms with Gasteiger partial charge in [0.25, 0.3) is 0 Å². The lowest BCUT2D eigenvalue weighted by molar-refractivity contribution is 0.649. The summed E-state index contributed by atoms with van der Waals surface area (Å²) in [4.78, 5) is 4.12. The van der Waals surface area contributed by atoms with Gasteiger partial charge in [0.05, 0.1) is 0 Å². The predicted molar refractivity (Wildman–Crippen MR) is 63.7 cm³/mol. The molecule has 0 spiro atoms. The van der Waals surface area contributed by atoms with Gasteiger partial charge in [-0.3, -0.25) is 4.98 Å². The largest absolute Gasteiger partial charge is 0.327 e. The maximum absolute atomic E-state index is 5.98. The van der Waals surface area contributed by atoms with Crippen LogP contribution in [0, 0.1) is 0 Å². The first-order chi connectivity index (χ1) is 7.31. The highest BCUT2D eigenvalue weighted by Gasteiger charge is 2.04. The molecule has 0 saturated carbocycles. The Morgan fingerprint density at radius 3 is 3.00 bits per heavy atom. The van der Waals surface area contributed by atoms with Crippen molar-refractivity contribution >= 4 is 10.8 Å². The zero-order chi connectivity index (χ0) is 10.7. The zero-order valence-corrected chi connectivity index (χ0v) is 8.98. The summed E-state index contributed by atoms with van der Waals surface area (Å²) in [5.74, 6) is 0. The number of aromatic nitrogens is 1. The van der Waals surface area contributed by atoms with Crippen molar-refractivity contribution < 1.29 is 0 Å². The Hall–Kier alpha value is -1.41. The van der Waals surface area contributed by atoms with Gasteiger partial charge >= 0.3 is 0 Å². The van der Waals surface area contributed by atoms with Crippen LogP contribution in [0.1, 0.15) is 18.9 Å². The molecule has 2 rings (SSSR count). The van der Waals surface area contributed by atoms with Gasteiger partial charge in [-0.25, -0.2) is 0 Å². The summed E-state index contributed by atoms with van der Waals surface area (Å²) in [6.45, 7) is 2.12. The smallest absolute Gasteiger partial charge is 0.0346 e. The molecule has 2 N–H and O–H groups in total. The van der Waals surface area contributed by atoms with E-state index in [1.165, 1.54) is 16.3 Å². The van der Waals surface area contributed by atoms with Crippen LogP contribution in [-0.2, 0) is 6.42 Å². The lowest BCUT2D eigenvalue weighted by Crippen LogP contribution is -2.21. The number of rotatable bonds is 3. The molecule has 0 amide bonds. The van der Waals surface area contributed by atoms with Crippen molar-refractivity contribution in [3.8, 4) is 0 Å². The van der Waals surface area contributed by atoms with Crippen molar-refractivity contribution in [2.45, 2.75) is 25.8 Å². The summed E-state index contributed by atoms with van der Waals surface area (Å²) in [5, 5.41) is 2.47. The third kappa shape index (κ3) is 2.16. The van der Waals surface area contributed by atoms with Gasteiger partial charge in [-0.15, -0.1) is 0 Å². The monoisotopic (exact) mass is 200 g/mol. The highest BCUT2D eigenvalue weighted by molar-refractivity contribution is 5.84. The molecule has 15 heavy (non-hydrogen) atoms. The molecule has 0 fully saturated rings. The first kappa shape index (κ1) is 10.1. The highest BCUT2D eigenvalue weighted by atomic mass is 14.6. The summed E-state index contributed by atoms with van der Waals surface area (Å²) in [5.41, 5.74) is 7.30. The summed E-state index contributed by atoms with van der Waals surface area (Å²) < 4.78 is 0. The molecule has 1 unspecified atom stereocenters. The number of fused-ring (bicyclic) bond motifs is 1. The molecule has 1 atom stereocenters. The van der Waals surface area contributed by atoms with Gasteiger partial charge in [-0.1, -0.05) is 25.1 Å². The third-order valence-corrected chi connectivity index (χ3v) is 2.78. The number of nitrogens with two attached hydrogens (primary N) is 1. The van der Waals surface area contributed by atoms with Crippen molar-refractivity contribution in [2.75, 3.05) is 0 Å². The van der Waals surface area contributed by atoms with Gasteiger partial charge in [0.15, 0.2) is 0 Å². The fourth-order valence-corrected chi connectivity index (χ4v) is 1.79. The van der Waals surface area contributed by atoms with E-state index in [0.717, 1.165) is 12.8 Å². The first-order valence-electron chi connectivity index (χ1n) is 5.38. The molecule has 0 radical (unpaired) electrons. The second kappa shape index (κ2) is 4.41. The number of benzene rings is 1. The van der Waals surface area contributed by atoms with Gasteiger partial charge in [0.2, 0.25) is 0 Å². The SMILES string of the molecule is CCC(N)Cc1cccc2cnccc12. The van der Waals surface area contributed by atoms with Crippen LogP contribution in [0.2, 0.25) is 0 Å². The topological polar surface area (TPSA) is 38.9 Å². The van der Waals surface area contributed by atoms with Crippen LogP contribution in [0.5, 0.6) is 0 Å². The molecule has 1 aromatic heterocycles. The molecule has 2 aromatic rings. The Kier molecular flexibility index (Phi) is 2.97. The third-order valence-electron chi connectivity index (χ3n) is 2.78. The average molecular weight is 200 g/mol. The Balaban J connectivity index is 2.42. The van der Waals surface area contributed by atoms with Crippen LogP contribution >= 0.6 is 0 Å². The van der Waals surface area contributed by atoms with Crippen LogP contribution < -0.4 is 5.73 Å². The number of hydrogen-bond acceptors (Lipinski definition) is 2. The van der Waals surface area contributed by atoms with Crippen molar-refractivity contribution in [1.82, 2.24) is 4.98 Å². The number of hydrogen-bond donors (Lipinski definition) is 1. The lowest BCUT2D eigenvalue weighted by atomic mass is 9.99. The fraction of sp³-hybridized carbons (Fsp3) is 0.308. The highest BCUT2D eigenvalue weighted by Crippen LogP contribution is 2.18. The Morgan fingerprint density at radius 2 is 2.20 bits per heavy atom. The van der Waals surface area contributed by atoms with Crippen LogP contribution in [-0.4, -0.2) is 11.0 Å². The summed E-state index contributed by atoms with van der Waals surface area (Å²) in [7, 11) is 0. The van der Waals surface area contributed by atoms with E-state index in [2.05, 4.69) is 36.2 Å². The zero-order valence-electron chi connectivity index (χ0n) is 8.98. The molecule has 1 heterocycles. The second-order valence-electron chi connectivity index (χ2n) is 3.89.